The summed E-state index contributed by atoms with van der Waals surface area (Å²) in [4.78, 5) is 6.90. The van der Waals surface area contributed by atoms with Crippen LogP contribution in [0.1, 0.15) is 19.4 Å². The van der Waals surface area contributed by atoms with E-state index in [0.717, 1.165) is 23.4 Å². The Hall–Kier alpha value is -0.610. The molecule has 0 radical (unpaired) electrons. The van der Waals surface area contributed by atoms with E-state index >= 15 is 0 Å². The predicted octanol–water partition coefficient (Wildman–Crippen LogP) is 2.34. The van der Waals surface area contributed by atoms with Gasteiger partial charge in [0.25, 0.3) is 0 Å². The maximum atomic E-state index is 4.54. The highest BCUT2D eigenvalue weighted by Crippen LogP contribution is 2.27. The van der Waals surface area contributed by atoms with Gasteiger partial charge in [0.1, 0.15) is 5.82 Å². The van der Waals surface area contributed by atoms with Crippen molar-refractivity contribution in [3.05, 3.63) is 22.3 Å². The molecule has 1 N–H and O–H groups in total. The maximum Gasteiger partial charge on any atom is 0.143 e. The Bertz CT molecular complexity index is 381. The molecule has 1 aromatic rings. The molecule has 0 bridgehead atoms. The molecule has 1 aliphatic rings. The first-order chi connectivity index (χ1) is 7.58. The van der Waals surface area contributed by atoms with E-state index in [-0.39, 0.29) is 0 Å². The van der Waals surface area contributed by atoms with E-state index in [1.807, 2.05) is 6.20 Å². The van der Waals surface area contributed by atoms with Crippen molar-refractivity contribution in [2.24, 2.45) is 0 Å². The molecule has 2 atom stereocenters. The molecule has 3 nitrogen and oxygen atoms in total. The van der Waals surface area contributed by atoms with Crippen molar-refractivity contribution in [1.29, 1.82) is 0 Å². The van der Waals surface area contributed by atoms with Gasteiger partial charge in [-0.1, -0.05) is 0 Å². The number of nitrogens with one attached hydrogen (secondary N) is 1. The maximum absolute atomic E-state index is 4.54. The van der Waals surface area contributed by atoms with Crippen LogP contribution in [0.5, 0.6) is 0 Å². The minimum absolute atomic E-state index is 0.489. The summed E-state index contributed by atoms with van der Waals surface area (Å²) in [5, 5.41) is 3.48. The number of anilines is 1. The van der Waals surface area contributed by atoms with Crippen LogP contribution in [0, 0.1) is 6.92 Å². The minimum atomic E-state index is 0.489. The number of hydrogen-bond acceptors (Lipinski definition) is 3. The highest BCUT2D eigenvalue weighted by atomic mass is 79.9. The largest absolute Gasteiger partial charge is 0.350 e. The fourth-order valence-electron chi connectivity index (χ4n) is 2.05. The molecule has 0 amide bonds. The van der Waals surface area contributed by atoms with Crippen molar-refractivity contribution in [1.82, 2.24) is 10.3 Å². The molecule has 1 aromatic heterocycles. The molecule has 1 saturated heterocycles. The molecule has 1 aliphatic heterocycles. The third-order valence-corrected chi connectivity index (χ3v) is 3.58. The topological polar surface area (TPSA) is 28.2 Å². The summed E-state index contributed by atoms with van der Waals surface area (Å²) in [6, 6.07) is 3.13. The van der Waals surface area contributed by atoms with Crippen LogP contribution in [0.3, 0.4) is 0 Å². The lowest BCUT2D eigenvalue weighted by atomic mass is 10.1. The van der Waals surface area contributed by atoms with Crippen LogP contribution in [0.25, 0.3) is 0 Å². The zero-order chi connectivity index (χ0) is 11.7. The molecule has 16 heavy (non-hydrogen) atoms. The number of pyridine rings is 1. The number of aryl methyl sites for hydroxylation is 1. The van der Waals surface area contributed by atoms with Crippen molar-refractivity contribution in [2.75, 3.05) is 18.0 Å². The van der Waals surface area contributed by atoms with Crippen molar-refractivity contribution >= 4 is 21.7 Å². The average molecular weight is 284 g/mol. The second kappa shape index (κ2) is 4.72. The molecule has 88 valence electrons. The van der Waals surface area contributed by atoms with Gasteiger partial charge in [-0.2, -0.15) is 0 Å². The van der Waals surface area contributed by atoms with Gasteiger partial charge in [-0.15, -0.1) is 0 Å². The normalized spacial score (nSPS) is 25.9. The quantitative estimate of drug-likeness (QED) is 0.858. The molecule has 0 saturated carbocycles. The number of rotatable bonds is 1. The van der Waals surface area contributed by atoms with Gasteiger partial charge < -0.3 is 10.2 Å². The summed E-state index contributed by atoms with van der Waals surface area (Å²) in [6.45, 7) is 8.53. The summed E-state index contributed by atoms with van der Waals surface area (Å²) in [5.41, 5.74) is 1.19. The number of hydrogen-bond donors (Lipinski definition) is 1. The van der Waals surface area contributed by atoms with Gasteiger partial charge in [0.05, 0.1) is 4.47 Å². The summed E-state index contributed by atoms with van der Waals surface area (Å²) in [5.74, 6) is 1.06. The van der Waals surface area contributed by atoms with Gasteiger partial charge in [0.15, 0.2) is 0 Å². The molecule has 4 heteroatoms. The van der Waals surface area contributed by atoms with E-state index in [1.165, 1.54) is 5.56 Å². The molecule has 1 fully saturated rings. The molecule has 2 heterocycles. The van der Waals surface area contributed by atoms with Crippen molar-refractivity contribution in [3.8, 4) is 0 Å². The van der Waals surface area contributed by atoms with Gasteiger partial charge in [-0.05, 0) is 48.3 Å². The first kappa shape index (κ1) is 11.9. The fraction of sp³-hybridized carbons (Fsp3) is 0.583. The van der Waals surface area contributed by atoms with Crippen molar-refractivity contribution < 1.29 is 0 Å². The Morgan fingerprint density at radius 1 is 1.50 bits per heavy atom. The molecule has 0 spiro atoms. The van der Waals surface area contributed by atoms with E-state index in [0.29, 0.717) is 12.1 Å². The van der Waals surface area contributed by atoms with E-state index in [1.54, 1.807) is 0 Å². The zero-order valence-corrected chi connectivity index (χ0v) is 11.6. The Morgan fingerprint density at radius 3 is 2.94 bits per heavy atom. The number of piperazine rings is 1. The van der Waals surface area contributed by atoms with Crippen LogP contribution in [0.2, 0.25) is 0 Å². The molecule has 0 aromatic carbocycles. The first-order valence-electron chi connectivity index (χ1n) is 5.70. The highest BCUT2D eigenvalue weighted by molar-refractivity contribution is 9.10. The van der Waals surface area contributed by atoms with Crippen LogP contribution in [0.4, 0.5) is 5.82 Å². The summed E-state index contributed by atoms with van der Waals surface area (Å²) in [7, 11) is 0. The van der Waals surface area contributed by atoms with Gasteiger partial charge in [-0.3, -0.25) is 0 Å². The number of nitrogens with zero attached hydrogens (tertiary/aromatic N) is 2. The Labute approximate surface area is 105 Å². The standard InChI is InChI=1S/C12H18BrN3/c1-8-4-11(13)12(15-5-8)16-7-9(2)14-6-10(16)3/h4-5,9-10,14H,6-7H2,1-3H3. The fourth-order valence-corrected chi connectivity index (χ4v) is 2.75. The average Bonchev–Trinajstić information content (AvgIpc) is 2.22. The molecular formula is C12H18BrN3. The number of halogens is 1. The van der Waals surface area contributed by atoms with E-state index in [9.17, 15) is 0 Å². The van der Waals surface area contributed by atoms with Gasteiger partial charge in [0.2, 0.25) is 0 Å². The van der Waals surface area contributed by atoms with E-state index in [4.69, 9.17) is 0 Å². The zero-order valence-electron chi connectivity index (χ0n) is 10.00. The number of aromatic nitrogens is 1. The minimum Gasteiger partial charge on any atom is -0.350 e. The second-order valence-corrected chi connectivity index (χ2v) is 5.48. The SMILES string of the molecule is Cc1cnc(N2CC(C)NCC2C)c(Br)c1. The Balaban J connectivity index is 2.28. The van der Waals surface area contributed by atoms with Gasteiger partial charge >= 0.3 is 0 Å². The predicted molar refractivity (Wildman–Crippen MR) is 70.9 cm³/mol. The summed E-state index contributed by atoms with van der Waals surface area (Å²) in [6.07, 6.45) is 1.93. The van der Waals surface area contributed by atoms with Gasteiger partial charge in [0, 0.05) is 31.4 Å². The summed E-state index contributed by atoms with van der Waals surface area (Å²) >= 11 is 3.61. The third-order valence-electron chi connectivity index (χ3n) is 2.99. The Morgan fingerprint density at radius 2 is 2.25 bits per heavy atom. The van der Waals surface area contributed by atoms with Crippen LogP contribution in [0.15, 0.2) is 16.7 Å². The lowest BCUT2D eigenvalue weighted by molar-refractivity contribution is 0.422. The molecule has 0 aliphatic carbocycles. The summed E-state index contributed by atoms with van der Waals surface area (Å²) < 4.78 is 1.09. The molecule has 2 unspecified atom stereocenters. The van der Waals surface area contributed by atoms with E-state index in [2.05, 4.69) is 58.0 Å². The first-order valence-corrected chi connectivity index (χ1v) is 6.49. The second-order valence-electron chi connectivity index (χ2n) is 4.63. The van der Waals surface area contributed by atoms with Crippen LogP contribution < -0.4 is 10.2 Å². The lowest BCUT2D eigenvalue weighted by Crippen LogP contribution is -2.54. The van der Waals surface area contributed by atoms with Crippen LogP contribution in [-0.4, -0.2) is 30.2 Å². The Kier molecular flexibility index (Phi) is 3.50. The monoisotopic (exact) mass is 283 g/mol. The van der Waals surface area contributed by atoms with Gasteiger partial charge in [-0.25, -0.2) is 4.98 Å². The lowest BCUT2D eigenvalue weighted by Gasteiger charge is -2.38. The van der Waals surface area contributed by atoms with Crippen LogP contribution in [-0.2, 0) is 0 Å². The van der Waals surface area contributed by atoms with Crippen molar-refractivity contribution in [3.63, 3.8) is 0 Å². The highest BCUT2D eigenvalue weighted by Gasteiger charge is 2.24. The smallest absolute Gasteiger partial charge is 0.143 e. The van der Waals surface area contributed by atoms with Crippen LogP contribution >= 0.6 is 15.9 Å². The van der Waals surface area contributed by atoms with Crippen molar-refractivity contribution in [2.45, 2.75) is 32.9 Å². The third kappa shape index (κ3) is 2.38. The van der Waals surface area contributed by atoms with E-state index < -0.39 is 0 Å². The molecule has 2 rings (SSSR count). The molecular weight excluding hydrogens is 266 g/mol.